The molecule has 0 aromatic heterocycles. The van der Waals surface area contributed by atoms with Crippen LogP contribution in [0, 0.1) is 0 Å². The van der Waals surface area contributed by atoms with E-state index in [0.717, 1.165) is 0 Å². The normalized spacial score (nSPS) is 10.1. The number of phenols is 2. The summed E-state index contributed by atoms with van der Waals surface area (Å²) in [6, 6.07) is 3.79. The minimum atomic E-state index is -0.275. The molecule has 5 heteroatoms. The van der Waals surface area contributed by atoms with Crippen molar-refractivity contribution in [3.8, 4) is 11.5 Å². The smallest absolute Gasteiger partial charge is 0.253 e. The van der Waals surface area contributed by atoms with Gasteiger partial charge in [-0.3, -0.25) is 4.79 Å². The molecule has 0 atom stereocenters. The Bertz CT molecular complexity index is 358. The Morgan fingerprint density at radius 1 is 1.31 bits per heavy atom. The number of hydrogen-bond donors (Lipinski definition) is 2. The summed E-state index contributed by atoms with van der Waals surface area (Å²) < 4.78 is 4.85. The molecule has 5 nitrogen and oxygen atoms in total. The van der Waals surface area contributed by atoms with E-state index in [2.05, 4.69) is 0 Å². The van der Waals surface area contributed by atoms with Crippen molar-refractivity contribution >= 4 is 5.91 Å². The second kappa shape index (κ2) is 5.37. The van der Waals surface area contributed by atoms with Gasteiger partial charge >= 0.3 is 0 Å². The minimum absolute atomic E-state index is 0.136. The summed E-state index contributed by atoms with van der Waals surface area (Å²) in [5.74, 6) is -0.546. The predicted octanol–water partition coefficient (Wildman–Crippen LogP) is 0.816. The first kappa shape index (κ1) is 12.3. The number of carbonyl (C=O) groups is 1. The van der Waals surface area contributed by atoms with Gasteiger partial charge in [0.15, 0.2) is 0 Å². The molecular formula is C11H15NO4. The number of rotatable bonds is 4. The molecule has 0 saturated carbocycles. The van der Waals surface area contributed by atoms with Crippen molar-refractivity contribution in [2.45, 2.75) is 0 Å². The van der Waals surface area contributed by atoms with Crippen molar-refractivity contribution in [3.05, 3.63) is 23.8 Å². The van der Waals surface area contributed by atoms with Gasteiger partial charge in [0.2, 0.25) is 0 Å². The van der Waals surface area contributed by atoms with Gasteiger partial charge in [0.25, 0.3) is 5.91 Å². The number of benzene rings is 1. The lowest BCUT2D eigenvalue weighted by atomic mass is 10.2. The topological polar surface area (TPSA) is 70.0 Å². The van der Waals surface area contributed by atoms with Crippen LogP contribution in [0.1, 0.15) is 10.4 Å². The van der Waals surface area contributed by atoms with Crippen LogP contribution >= 0.6 is 0 Å². The molecule has 0 fully saturated rings. The first-order valence-electron chi connectivity index (χ1n) is 4.82. The predicted molar refractivity (Wildman–Crippen MR) is 58.6 cm³/mol. The highest BCUT2D eigenvalue weighted by Gasteiger charge is 2.12. The molecule has 0 bridgehead atoms. The van der Waals surface area contributed by atoms with Gasteiger partial charge in [-0.25, -0.2) is 0 Å². The number of aromatic hydroxyl groups is 2. The summed E-state index contributed by atoms with van der Waals surface area (Å²) in [6.07, 6.45) is 0. The zero-order valence-electron chi connectivity index (χ0n) is 9.30. The lowest BCUT2D eigenvalue weighted by molar-refractivity contribution is 0.0743. The number of methoxy groups -OCH3 is 1. The van der Waals surface area contributed by atoms with Crippen molar-refractivity contribution in [2.75, 3.05) is 27.3 Å². The number of likely N-dealkylation sites (N-methyl/N-ethyl adjacent to an activating group) is 1. The molecule has 0 radical (unpaired) electrons. The summed E-state index contributed by atoms with van der Waals surface area (Å²) in [4.78, 5) is 13.3. The van der Waals surface area contributed by atoms with Gasteiger partial charge in [0, 0.05) is 32.3 Å². The SMILES string of the molecule is COCCN(C)C(=O)c1cc(O)cc(O)c1. The Kier molecular flexibility index (Phi) is 4.13. The Morgan fingerprint density at radius 3 is 2.38 bits per heavy atom. The van der Waals surface area contributed by atoms with Gasteiger partial charge in [-0.05, 0) is 12.1 Å². The lowest BCUT2D eigenvalue weighted by Gasteiger charge is -2.16. The van der Waals surface area contributed by atoms with Crippen LogP contribution < -0.4 is 0 Å². The van der Waals surface area contributed by atoms with Gasteiger partial charge < -0.3 is 19.8 Å². The first-order chi connectivity index (χ1) is 7.54. The van der Waals surface area contributed by atoms with Gasteiger partial charge in [-0.15, -0.1) is 0 Å². The molecule has 2 N–H and O–H groups in total. The number of phenolic OH excluding ortho intramolecular Hbond substituents is 2. The van der Waals surface area contributed by atoms with Crippen molar-refractivity contribution in [1.82, 2.24) is 4.90 Å². The summed E-state index contributed by atoms with van der Waals surface area (Å²) in [7, 11) is 3.18. The second-order valence-corrected chi connectivity index (χ2v) is 3.46. The van der Waals surface area contributed by atoms with E-state index in [4.69, 9.17) is 4.74 Å². The molecule has 1 aromatic rings. The fraction of sp³-hybridized carbons (Fsp3) is 0.364. The van der Waals surface area contributed by atoms with E-state index in [1.165, 1.54) is 23.1 Å². The van der Waals surface area contributed by atoms with Crippen LogP contribution in [0.4, 0.5) is 0 Å². The van der Waals surface area contributed by atoms with Gasteiger partial charge in [0.1, 0.15) is 11.5 Å². The highest BCUT2D eigenvalue weighted by Crippen LogP contribution is 2.21. The van der Waals surface area contributed by atoms with Crippen molar-refractivity contribution in [1.29, 1.82) is 0 Å². The summed E-state index contributed by atoms with van der Waals surface area (Å²) in [5.41, 5.74) is 0.246. The maximum Gasteiger partial charge on any atom is 0.253 e. The van der Waals surface area contributed by atoms with Crippen molar-refractivity contribution in [3.63, 3.8) is 0 Å². The molecule has 0 heterocycles. The number of nitrogens with zero attached hydrogens (tertiary/aromatic N) is 1. The molecule has 1 rings (SSSR count). The van der Waals surface area contributed by atoms with Crippen LogP contribution in [0.15, 0.2) is 18.2 Å². The Hall–Kier alpha value is -1.75. The largest absolute Gasteiger partial charge is 0.508 e. The third kappa shape index (κ3) is 3.13. The van der Waals surface area contributed by atoms with Crippen molar-refractivity contribution < 1.29 is 19.7 Å². The standard InChI is InChI=1S/C11H15NO4/c1-12(3-4-16-2)11(15)8-5-9(13)7-10(14)6-8/h5-7,13-14H,3-4H2,1-2H3. The van der Waals surface area contributed by atoms with E-state index in [1.54, 1.807) is 14.2 Å². The van der Waals surface area contributed by atoms with E-state index in [-0.39, 0.29) is 23.0 Å². The van der Waals surface area contributed by atoms with Crippen LogP contribution in [0.5, 0.6) is 11.5 Å². The second-order valence-electron chi connectivity index (χ2n) is 3.46. The molecular weight excluding hydrogens is 210 g/mol. The van der Waals surface area contributed by atoms with Gasteiger partial charge in [0.05, 0.1) is 6.61 Å². The van der Waals surface area contributed by atoms with Crippen LogP contribution in [0.2, 0.25) is 0 Å². The molecule has 88 valence electrons. The number of carbonyl (C=O) groups excluding carboxylic acids is 1. The van der Waals surface area contributed by atoms with Crippen molar-refractivity contribution in [2.24, 2.45) is 0 Å². The van der Waals surface area contributed by atoms with E-state index >= 15 is 0 Å². The van der Waals surface area contributed by atoms with E-state index < -0.39 is 0 Å². The molecule has 0 aliphatic heterocycles. The Balaban J connectivity index is 2.79. The maximum absolute atomic E-state index is 11.8. The fourth-order valence-electron chi connectivity index (χ4n) is 1.27. The van der Waals surface area contributed by atoms with Gasteiger partial charge in [-0.2, -0.15) is 0 Å². The summed E-state index contributed by atoms with van der Waals surface area (Å²) in [5, 5.41) is 18.5. The third-order valence-electron chi connectivity index (χ3n) is 2.13. The summed E-state index contributed by atoms with van der Waals surface area (Å²) in [6.45, 7) is 0.888. The average Bonchev–Trinajstić information content (AvgIpc) is 2.23. The highest BCUT2D eigenvalue weighted by atomic mass is 16.5. The molecule has 16 heavy (non-hydrogen) atoms. The number of ether oxygens (including phenoxy) is 1. The fourth-order valence-corrected chi connectivity index (χ4v) is 1.27. The molecule has 1 aromatic carbocycles. The third-order valence-corrected chi connectivity index (χ3v) is 2.13. The number of hydrogen-bond acceptors (Lipinski definition) is 4. The van der Waals surface area contributed by atoms with E-state index in [0.29, 0.717) is 13.2 Å². The Morgan fingerprint density at radius 2 is 1.88 bits per heavy atom. The van der Waals surface area contributed by atoms with Crippen LogP contribution in [0.3, 0.4) is 0 Å². The van der Waals surface area contributed by atoms with Gasteiger partial charge in [-0.1, -0.05) is 0 Å². The van der Waals surface area contributed by atoms with Crippen LogP contribution in [-0.2, 0) is 4.74 Å². The quantitative estimate of drug-likeness (QED) is 0.795. The zero-order valence-corrected chi connectivity index (χ0v) is 9.30. The van der Waals surface area contributed by atoms with E-state index in [1.807, 2.05) is 0 Å². The summed E-state index contributed by atoms with van der Waals surface area (Å²) >= 11 is 0. The molecule has 0 saturated heterocycles. The molecule has 0 unspecified atom stereocenters. The first-order valence-corrected chi connectivity index (χ1v) is 4.82. The molecule has 0 spiro atoms. The molecule has 0 aliphatic carbocycles. The van der Waals surface area contributed by atoms with E-state index in [9.17, 15) is 15.0 Å². The zero-order chi connectivity index (χ0) is 12.1. The Labute approximate surface area is 93.9 Å². The minimum Gasteiger partial charge on any atom is -0.508 e. The monoisotopic (exact) mass is 225 g/mol. The highest BCUT2D eigenvalue weighted by molar-refractivity contribution is 5.94. The van der Waals surface area contributed by atoms with Crippen LogP contribution in [-0.4, -0.2) is 48.3 Å². The average molecular weight is 225 g/mol. The maximum atomic E-state index is 11.8. The van der Waals surface area contributed by atoms with Crippen LogP contribution in [0.25, 0.3) is 0 Å². The molecule has 0 aliphatic rings. The lowest BCUT2D eigenvalue weighted by Crippen LogP contribution is -2.29. The molecule has 1 amide bonds. The number of amides is 1.